The summed E-state index contributed by atoms with van der Waals surface area (Å²) in [4.78, 5) is 9.60. The molecule has 0 spiro atoms. The number of hydrogen-bond donors (Lipinski definition) is 0. The Balaban J connectivity index is 1.38. The number of ether oxygens (including phenoxy) is 1. The Morgan fingerprint density at radius 3 is 2.58 bits per heavy atom. The van der Waals surface area contributed by atoms with Gasteiger partial charge in [0.2, 0.25) is 0 Å². The number of halogens is 1. The minimum Gasteiger partial charge on any atom is -0.378 e. The molecule has 26 heavy (non-hydrogen) atoms. The van der Waals surface area contributed by atoms with Gasteiger partial charge in [-0.2, -0.15) is 0 Å². The fourth-order valence-electron chi connectivity index (χ4n) is 4.18. The lowest BCUT2D eigenvalue weighted by molar-refractivity contribution is -0.0331. The first-order valence-electron chi connectivity index (χ1n) is 9.53. The molecule has 2 aliphatic heterocycles. The van der Waals surface area contributed by atoms with E-state index in [9.17, 15) is 0 Å². The molecular formula is C21H26ClN3O. The molecule has 0 bridgehead atoms. The predicted molar refractivity (Wildman–Crippen MR) is 106 cm³/mol. The van der Waals surface area contributed by atoms with Crippen LogP contribution in [0.2, 0.25) is 5.02 Å². The van der Waals surface area contributed by atoms with Gasteiger partial charge in [-0.3, -0.25) is 4.90 Å². The highest BCUT2D eigenvalue weighted by Crippen LogP contribution is 2.25. The van der Waals surface area contributed by atoms with E-state index >= 15 is 0 Å². The molecule has 0 saturated carbocycles. The van der Waals surface area contributed by atoms with Crippen molar-refractivity contribution in [3.63, 3.8) is 0 Å². The Hall–Kier alpha value is -1.62. The molecule has 1 aromatic heterocycles. The topological polar surface area (TPSA) is 28.6 Å². The smallest absolute Gasteiger partial charge is 0.128 e. The summed E-state index contributed by atoms with van der Waals surface area (Å²) in [5.74, 6) is 1.10. The summed E-state index contributed by atoms with van der Waals surface area (Å²) in [5, 5.41) is 0.799. The summed E-state index contributed by atoms with van der Waals surface area (Å²) in [6.45, 7) is 4.85. The predicted octanol–water partition coefficient (Wildman–Crippen LogP) is 3.65. The van der Waals surface area contributed by atoms with Gasteiger partial charge < -0.3 is 9.64 Å². The minimum atomic E-state index is 0.455. The highest BCUT2D eigenvalue weighted by atomic mass is 35.5. The number of aromatic nitrogens is 1. The van der Waals surface area contributed by atoms with Gasteiger partial charge in [0.15, 0.2) is 0 Å². The Morgan fingerprint density at radius 1 is 1.04 bits per heavy atom. The third-order valence-corrected chi connectivity index (χ3v) is 5.82. The zero-order valence-corrected chi connectivity index (χ0v) is 15.8. The highest BCUT2D eigenvalue weighted by molar-refractivity contribution is 6.30. The molecule has 138 valence electrons. The maximum atomic E-state index is 6.02. The molecule has 0 amide bonds. The van der Waals surface area contributed by atoms with E-state index in [1.165, 1.54) is 18.4 Å². The van der Waals surface area contributed by atoms with Crippen LogP contribution in [-0.4, -0.2) is 54.8 Å². The fraction of sp³-hybridized carbons (Fsp3) is 0.476. The molecule has 2 aromatic rings. The molecular weight excluding hydrogens is 346 g/mol. The molecule has 3 heterocycles. The Bertz CT molecular complexity index is 686. The van der Waals surface area contributed by atoms with Gasteiger partial charge >= 0.3 is 0 Å². The zero-order chi connectivity index (χ0) is 17.8. The van der Waals surface area contributed by atoms with Crippen LogP contribution in [0.5, 0.6) is 0 Å². The van der Waals surface area contributed by atoms with Gasteiger partial charge in [-0.1, -0.05) is 29.8 Å². The summed E-state index contributed by atoms with van der Waals surface area (Å²) < 4.78 is 5.80. The second-order valence-corrected chi connectivity index (χ2v) is 7.64. The number of hydrogen-bond acceptors (Lipinski definition) is 4. The summed E-state index contributed by atoms with van der Waals surface area (Å²) in [7, 11) is 0. The molecule has 1 atom stereocenters. The van der Waals surface area contributed by atoms with Crippen LogP contribution in [0.25, 0.3) is 0 Å². The highest BCUT2D eigenvalue weighted by Gasteiger charge is 2.32. The first-order chi connectivity index (χ1) is 12.8. The molecule has 0 aliphatic carbocycles. The summed E-state index contributed by atoms with van der Waals surface area (Å²) in [6, 6.07) is 15.5. The lowest BCUT2D eigenvalue weighted by Gasteiger charge is -2.44. The van der Waals surface area contributed by atoms with Crippen LogP contribution in [0, 0.1) is 0 Å². The Labute approximate surface area is 160 Å². The SMILES string of the molecule is Clc1ccc(CC2COCCN2C2CCN(c3ccccn3)CC2)cc1. The van der Waals surface area contributed by atoms with Crippen molar-refractivity contribution in [3.8, 4) is 0 Å². The van der Waals surface area contributed by atoms with Crippen LogP contribution >= 0.6 is 11.6 Å². The third-order valence-electron chi connectivity index (χ3n) is 5.56. The second kappa shape index (κ2) is 8.38. The van der Waals surface area contributed by atoms with Crippen molar-refractivity contribution in [3.05, 3.63) is 59.2 Å². The van der Waals surface area contributed by atoms with E-state index in [1.807, 2.05) is 24.4 Å². The number of morpholine rings is 1. The van der Waals surface area contributed by atoms with Crippen molar-refractivity contribution in [1.82, 2.24) is 9.88 Å². The van der Waals surface area contributed by atoms with Gasteiger partial charge in [0, 0.05) is 42.9 Å². The van der Waals surface area contributed by atoms with Gasteiger partial charge in [-0.25, -0.2) is 4.98 Å². The lowest BCUT2D eigenvalue weighted by Crippen LogP contribution is -2.54. The standard InChI is InChI=1S/C21H26ClN3O/c22-18-6-4-17(5-7-18)15-20-16-26-14-13-25(20)19-8-11-24(12-9-19)21-3-1-2-10-23-21/h1-7,10,19-20H,8-9,11-16H2. The van der Waals surface area contributed by atoms with Crippen LogP contribution in [0.1, 0.15) is 18.4 Å². The van der Waals surface area contributed by atoms with Crippen molar-refractivity contribution >= 4 is 17.4 Å². The molecule has 2 saturated heterocycles. The molecule has 4 nitrogen and oxygen atoms in total. The maximum absolute atomic E-state index is 6.02. The molecule has 2 aliphatic rings. The molecule has 1 unspecified atom stereocenters. The van der Waals surface area contributed by atoms with E-state index in [1.54, 1.807) is 0 Å². The van der Waals surface area contributed by atoms with Crippen molar-refractivity contribution in [2.24, 2.45) is 0 Å². The zero-order valence-electron chi connectivity index (χ0n) is 15.1. The van der Waals surface area contributed by atoms with Crippen molar-refractivity contribution in [1.29, 1.82) is 0 Å². The fourth-order valence-corrected chi connectivity index (χ4v) is 4.31. The van der Waals surface area contributed by atoms with Crippen LogP contribution in [-0.2, 0) is 11.2 Å². The number of benzene rings is 1. The first kappa shape index (κ1) is 17.8. The normalized spacial score (nSPS) is 22.5. The molecule has 4 rings (SSSR count). The molecule has 0 radical (unpaired) electrons. The Morgan fingerprint density at radius 2 is 1.85 bits per heavy atom. The molecule has 0 N–H and O–H groups in total. The maximum Gasteiger partial charge on any atom is 0.128 e. The summed E-state index contributed by atoms with van der Waals surface area (Å²) in [6.07, 6.45) is 5.28. The number of piperidine rings is 1. The lowest BCUT2D eigenvalue weighted by atomic mass is 9.97. The van der Waals surface area contributed by atoms with Crippen LogP contribution in [0.15, 0.2) is 48.7 Å². The van der Waals surface area contributed by atoms with E-state index < -0.39 is 0 Å². The number of rotatable bonds is 4. The summed E-state index contributed by atoms with van der Waals surface area (Å²) in [5.41, 5.74) is 1.33. The van der Waals surface area contributed by atoms with E-state index in [-0.39, 0.29) is 0 Å². The monoisotopic (exact) mass is 371 g/mol. The quantitative estimate of drug-likeness (QED) is 0.820. The van der Waals surface area contributed by atoms with Gasteiger partial charge in [0.1, 0.15) is 5.82 Å². The van der Waals surface area contributed by atoms with Gasteiger partial charge in [0.25, 0.3) is 0 Å². The van der Waals surface area contributed by atoms with Gasteiger partial charge in [0.05, 0.1) is 13.2 Å². The molecule has 5 heteroatoms. The van der Waals surface area contributed by atoms with Gasteiger partial charge in [-0.05, 0) is 49.1 Å². The summed E-state index contributed by atoms with van der Waals surface area (Å²) >= 11 is 6.02. The number of anilines is 1. The van der Waals surface area contributed by atoms with Crippen molar-refractivity contribution in [2.75, 3.05) is 37.7 Å². The number of pyridine rings is 1. The van der Waals surface area contributed by atoms with Crippen LogP contribution in [0.4, 0.5) is 5.82 Å². The average molecular weight is 372 g/mol. The third kappa shape index (κ3) is 4.20. The first-order valence-corrected chi connectivity index (χ1v) is 9.91. The molecule has 2 fully saturated rings. The van der Waals surface area contributed by atoms with E-state index in [4.69, 9.17) is 16.3 Å². The average Bonchev–Trinajstić information content (AvgIpc) is 2.71. The van der Waals surface area contributed by atoms with E-state index in [0.717, 1.165) is 50.1 Å². The second-order valence-electron chi connectivity index (χ2n) is 7.20. The largest absolute Gasteiger partial charge is 0.378 e. The van der Waals surface area contributed by atoms with Crippen LogP contribution in [0.3, 0.4) is 0 Å². The molecule has 1 aromatic carbocycles. The number of nitrogens with zero attached hydrogens (tertiary/aromatic N) is 3. The van der Waals surface area contributed by atoms with Gasteiger partial charge in [-0.15, -0.1) is 0 Å². The Kier molecular flexibility index (Phi) is 5.73. The van der Waals surface area contributed by atoms with E-state index in [0.29, 0.717) is 12.1 Å². The van der Waals surface area contributed by atoms with Crippen molar-refractivity contribution < 1.29 is 4.74 Å². The minimum absolute atomic E-state index is 0.455. The van der Waals surface area contributed by atoms with E-state index in [2.05, 4.69) is 39.0 Å². The van der Waals surface area contributed by atoms with Crippen LogP contribution < -0.4 is 4.90 Å². The van der Waals surface area contributed by atoms with Crippen molar-refractivity contribution in [2.45, 2.75) is 31.3 Å².